The maximum atomic E-state index is 5.13. The fraction of sp³-hybridized carbons (Fsp3) is 0.304. The van der Waals surface area contributed by atoms with Gasteiger partial charge in [0.05, 0.1) is 5.69 Å². The second-order valence-corrected chi connectivity index (χ2v) is 8.46. The zero-order valence-electron chi connectivity index (χ0n) is 16.2. The summed E-state index contributed by atoms with van der Waals surface area (Å²) in [5.41, 5.74) is 4.79. The Morgan fingerprint density at radius 2 is 1.93 bits per heavy atom. The van der Waals surface area contributed by atoms with E-state index >= 15 is 0 Å². The molecule has 2 aliphatic heterocycles. The van der Waals surface area contributed by atoms with Gasteiger partial charge in [0.15, 0.2) is 5.17 Å². The molecule has 28 heavy (non-hydrogen) atoms. The molecule has 0 saturated carbocycles. The van der Waals surface area contributed by atoms with Crippen molar-refractivity contribution in [2.24, 2.45) is 4.99 Å². The minimum atomic E-state index is 0.0251. The van der Waals surface area contributed by atoms with Crippen LogP contribution in [0.4, 0.5) is 0 Å². The highest BCUT2D eigenvalue weighted by Gasteiger charge is 2.46. The summed E-state index contributed by atoms with van der Waals surface area (Å²) >= 11 is 1.89. The Balaban J connectivity index is 1.62. The van der Waals surface area contributed by atoms with Crippen molar-refractivity contribution in [3.05, 3.63) is 83.9 Å². The summed E-state index contributed by atoms with van der Waals surface area (Å²) in [5, 5.41) is 1.17. The van der Waals surface area contributed by atoms with Gasteiger partial charge in [0, 0.05) is 35.6 Å². The first-order valence-corrected chi connectivity index (χ1v) is 10.9. The molecule has 0 amide bonds. The first-order chi connectivity index (χ1) is 13.8. The molecule has 0 spiro atoms. The number of aromatic nitrogens is 2. The largest absolute Gasteiger partial charge is 0.337 e. The molecule has 0 bridgehead atoms. The molecule has 4 nitrogen and oxygen atoms in total. The predicted octanol–water partition coefficient (Wildman–Crippen LogP) is 5.16. The number of amidine groups is 1. The smallest absolute Gasteiger partial charge is 0.160 e. The Kier molecular flexibility index (Phi) is 4.47. The SMILES string of the molecule is CC[C@@H]1CSC2=N[C@@H](c3ccccn3)[C@H](c3cccn3-c3ccc(C)cc3)N21. The average molecular weight is 389 g/mol. The quantitative estimate of drug-likeness (QED) is 0.619. The van der Waals surface area contributed by atoms with Crippen LogP contribution < -0.4 is 0 Å². The number of aryl methyl sites for hydroxylation is 1. The molecule has 1 fully saturated rings. The lowest BCUT2D eigenvalue weighted by Crippen LogP contribution is -2.36. The molecule has 0 radical (unpaired) electrons. The molecule has 1 aromatic carbocycles. The zero-order chi connectivity index (χ0) is 19.1. The van der Waals surface area contributed by atoms with Crippen molar-refractivity contribution in [2.75, 3.05) is 5.75 Å². The van der Waals surface area contributed by atoms with E-state index in [1.54, 1.807) is 0 Å². The van der Waals surface area contributed by atoms with Gasteiger partial charge < -0.3 is 9.47 Å². The Hall–Kier alpha value is -2.53. The number of hydrogen-bond donors (Lipinski definition) is 0. The van der Waals surface area contributed by atoms with Crippen molar-refractivity contribution in [3.8, 4) is 5.69 Å². The number of benzene rings is 1. The van der Waals surface area contributed by atoms with Crippen LogP contribution in [0.3, 0.4) is 0 Å². The molecule has 5 rings (SSSR count). The van der Waals surface area contributed by atoms with Crippen LogP contribution in [0.2, 0.25) is 0 Å². The molecule has 4 heterocycles. The summed E-state index contributed by atoms with van der Waals surface area (Å²) in [6, 6.07) is 20.0. The minimum absolute atomic E-state index is 0.0251. The molecule has 3 aromatic rings. The summed E-state index contributed by atoms with van der Waals surface area (Å²) in [7, 11) is 0. The standard InChI is InChI=1S/C23H24N4S/c1-3-17-15-28-23-25-21(19-7-4-5-13-24-19)22(27(17)23)20-8-6-14-26(20)18-11-9-16(2)10-12-18/h4-14,17,21-22H,3,15H2,1-2H3/t17-,21+,22+/m1/s1. The first kappa shape index (κ1) is 17.6. The highest BCUT2D eigenvalue weighted by Crippen LogP contribution is 2.48. The fourth-order valence-electron chi connectivity index (χ4n) is 4.25. The van der Waals surface area contributed by atoms with Gasteiger partial charge in [-0.15, -0.1) is 0 Å². The van der Waals surface area contributed by atoms with Crippen LogP contribution in [0.5, 0.6) is 0 Å². The fourth-order valence-corrected chi connectivity index (χ4v) is 5.58. The zero-order valence-corrected chi connectivity index (χ0v) is 17.0. The first-order valence-electron chi connectivity index (χ1n) is 9.90. The van der Waals surface area contributed by atoms with E-state index in [0.717, 1.165) is 17.9 Å². The van der Waals surface area contributed by atoms with Crippen molar-refractivity contribution in [3.63, 3.8) is 0 Å². The Bertz CT molecular complexity index is 993. The van der Waals surface area contributed by atoms with E-state index in [0.29, 0.717) is 6.04 Å². The number of fused-ring (bicyclic) bond motifs is 1. The maximum Gasteiger partial charge on any atom is 0.160 e. The molecule has 3 atom stereocenters. The van der Waals surface area contributed by atoms with Gasteiger partial charge in [-0.25, -0.2) is 0 Å². The lowest BCUT2D eigenvalue weighted by atomic mass is 9.99. The lowest BCUT2D eigenvalue weighted by Gasteiger charge is -2.32. The van der Waals surface area contributed by atoms with Gasteiger partial charge in [-0.3, -0.25) is 9.98 Å². The third-order valence-electron chi connectivity index (χ3n) is 5.72. The highest BCUT2D eigenvalue weighted by molar-refractivity contribution is 8.14. The van der Waals surface area contributed by atoms with Crippen LogP contribution in [0.1, 0.15) is 42.4 Å². The van der Waals surface area contributed by atoms with Crippen molar-refractivity contribution < 1.29 is 0 Å². The molecule has 5 heteroatoms. The summed E-state index contributed by atoms with van der Waals surface area (Å²) in [5.74, 6) is 1.12. The summed E-state index contributed by atoms with van der Waals surface area (Å²) in [6.45, 7) is 4.40. The van der Waals surface area contributed by atoms with E-state index in [-0.39, 0.29) is 12.1 Å². The third kappa shape index (κ3) is 2.85. The normalized spacial score (nSPS) is 23.7. The molecule has 0 aliphatic carbocycles. The molecule has 142 valence electrons. The van der Waals surface area contributed by atoms with Gasteiger partial charge in [-0.2, -0.15) is 0 Å². The predicted molar refractivity (Wildman–Crippen MR) is 116 cm³/mol. The molecule has 0 N–H and O–H groups in total. The van der Waals surface area contributed by atoms with Crippen LogP contribution >= 0.6 is 11.8 Å². The van der Waals surface area contributed by atoms with Gasteiger partial charge in [-0.05, 0) is 49.7 Å². The third-order valence-corrected chi connectivity index (χ3v) is 6.85. The molecule has 1 saturated heterocycles. The lowest BCUT2D eigenvalue weighted by molar-refractivity contribution is 0.249. The van der Waals surface area contributed by atoms with Gasteiger partial charge in [-0.1, -0.05) is 42.4 Å². The van der Waals surface area contributed by atoms with Gasteiger partial charge in [0.1, 0.15) is 12.1 Å². The van der Waals surface area contributed by atoms with E-state index in [1.165, 1.54) is 22.1 Å². The summed E-state index contributed by atoms with van der Waals surface area (Å²) < 4.78 is 2.31. The second kappa shape index (κ2) is 7.13. The van der Waals surface area contributed by atoms with Crippen molar-refractivity contribution >= 4 is 16.9 Å². The van der Waals surface area contributed by atoms with Crippen molar-refractivity contribution in [1.82, 2.24) is 14.5 Å². The molecular weight excluding hydrogens is 364 g/mol. The second-order valence-electron chi connectivity index (χ2n) is 7.47. The molecule has 0 unspecified atom stereocenters. The maximum absolute atomic E-state index is 5.13. The van der Waals surface area contributed by atoms with Crippen LogP contribution in [-0.4, -0.2) is 31.4 Å². The van der Waals surface area contributed by atoms with Gasteiger partial charge >= 0.3 is 0 Å². The Morgan fingerprint density at radius 1 is 1.07 bits per heavy atom. The minimum Gasteiger partial charge on any atom is -0.337 e. The van der Waals surface area contributed by atoms with E-state index in [4.69, 9.17) is 4.99 Å². The average Bonchev–Trinajstić information content (AvgIpc) is 3.44. The summed E-state index contributed by atoms with van der Waals surface area (Å²) in [4.78, 5) is 12.3. The van der Waals surface area contributed by atoms with Crippen molar-refractivity contribution in [1.29, 1.82) is 0 Å². The number of rotatable bonds is 4. The topological polar surface area (TPSA) is 33.4 Å². The number of aliphatic imine (C=N–C) groups is 1. The van der Waals surface area contributed by atoms with Gasteiger partial charge in [0.2, 0.25) is 0 Å². The molecular formula is C23H24N4S. The number of thioether (sulfide) groups is 1. The molecule has 2 aromatic heterocycles. The highest BCUT2D eigenvalue weighted by atomic mass is 32.2. The van der Waals surface area contributed by atoms with Crippen LogP contribution in [-0.2, 0) is 0 Å². The number of pyridine rings is 1. The molecule has 2 aliphatic rings. The van der Waals surface area contributed by atoms with E-state index in [2.05, 4.69) is 83.0 Å². The van der Waals surface area contributed by atoms with Crippen LogP contribution in [0, 0.1) is 6.92 Å². The monoisotopic (exact) mass is 388 g/mol. The summed E-state index contributed by atoms with van der Waals surface area (Å²) in [6.07, 6.45) is 5.17. The van der Waals surface area contributed by atoms with Crippen LogP contribution in [0.15, 0.2) is 72.0 Å². The Morgan fingerprint density at radius 3 is 2.68 bits per heavy atom. The van der Waals surface area contributed by atoms with E-state index in [9.17, 15) is 0 Å². The van der Waals surface area contributed by atoms with Crippen LogP contribution in [0.25, 0.3) is 5.69 Å². The van der Waals surface area contributed by atoms with Gasteiger partial charge in [0.25, 0.3) is 0 Å². The number of hydrogen-bond acceptors (Lipinski definition) is 4. The number of nitrogens with zero attached hydrogens (tertiary/aromatic N) is 4. The van der Waals surface area contributed by atoms with E-state index in [1.807, 2.05) is 24.0 Å². The Labute approximate surface area is 170 Å². The van der Waals surface area contributed by atoms with Crippen molar-refractivity contribution in [2.45, 2.75) is 38.4 Å². The van der Waals surface area contributed by atoms with E-state index < -0.39 is 0 Å².